The molecular weight excluding hydrogens is 344 g/mol. The van der Waals surface area contributed by atoms with Crippen LogP contribution in [0.5, 0.6) is 0 Å². The van der Waals surface area contributed by atoms with Crippen LogP contribution in [0.3, 0.4) is 0 Å². The second kappa shape index (κ2) is 16.6. The minimum absolute atomic E-state index is 0.243. The van der Waals surface area contributed by atoms with Crippen LogP contribution in [-0.4, -0.2) is 31.9 Å². The van der Waals surface area contributed by atoms with Crippen molar-refractivity contribution in [2.45, 2.75) is 96.8 Å². The van der Waals surface area contributed by atoms with E-state index in [1.165, 1.54) is 57.8 Å². The third-order valence-electron chi connectivity index (χ3n) is 5.33. The van der Waals surface area contributed by atoms with Gasteiger partial charge in [0.2, 0.25) is 0 Å². The van der Waals surface area contributed by atoms with Gasteiger partial charge in [0, 0.05) is 5.92 Å². The molecule has 0 aromatic rings. The van der Waals surface area contributed by atoms with Gasteiger partial charge in [-0.05, 0) is 6.42 Å². The normalized spacial score (nSPS) is 12.4. The van der Waals surface area contributed by atoms with Gasteiger partial charge in [0.25, 0.3) is 0 Å². The van der Waals surface area contributed by atoms with Crippen LogP contribution in [0, 0.1) is 11.3 Å². The Balaban J connectivity index is 3.86. The first kappa shape index (κ1) is 25.5. The van der Waals surface area contributed by atoms with Gasteiger partial charge in [0.15, 0.2) is 5.41 Å². The molecule has 0 aliphatic heterocycles. The summed E-state index contributed by atoms with van der Waals surface area (Å²) in [6.45, 7) is 2.24. The molecule has 0 radical (unpaired) electrons. The van der Waals surface area contributed by atoms with Crippen LogP contribution in [0.4, 0.5) is 0 Å². The molecule has 0 bridgehead atoms. The minimum Gasteiger partial charge on any atom is -0.468 e. The molecule has 0 saturated carbocycles. The molecule has 0 rings (SSSR count). The summed E-state index contributed by atoms with van der Waals surface area (Å²) in [5.74, 6) is -1.91. The predicted octanol–water partition coefficient (Wildman–Crippen LogP) is 4.84. The van der Waals surface area contributed by atoms with E-state index in [0.29, 0.717) is 19.1 Å². The molecule has 156 valence electrons. The number of ether oxygens (including phenoxy) is 1. The molecule has 5 heteroatoms. The van der Waals surface area contributed by atoms with Gasteiger partial charge < -0.3 is 19.1 Å². The predicted molar refractivity (Wildman–Crippen MR) is 106 cm³/mol. The Morgan fingerprint density at radius 1 is 0.778 bits per heavy atom. The Kier molecular flexibility index (Phi) is 15.7. The highest BCUT2D eigenvalue weighted by atomic mass is 16.5. The van der Waals surface area contributed by atoms with E-state index in [0.717, 1.165) is 26.4 Å². The van der Waals surface area contributed by atoms with Crippen LogP contribution in [0.1, 0.15) is 96.8 Å². The van der Waals surface area contributed by atoms with Gasteiger partial charge in [-0.15, -0.1) is 0 Å². The summed E-state index contributed by atoms with van der Waals surface area (Å²) in [5.41, 5.74) is -1.99. The number of aldehydes is 3. The summed E-state index contributed by atoms with van der Waals surface area (Å²) in [4.78, 5) is 45.7. The van der Waals surface area contributed by atoms with Crippen LogP contribution < -0.4 is 0 Å². The highest BCUT2D eigenvalue weighted by Crippen LogP contribution is 2.28. The molecule has 0 aliphatic carbocycles. The topological polar surface area (TPSA) is 77.5 Å². The van der Waals surface area contributed by atoms with Gasteiger partial charge in [-0.1, -0.05) is 90.4 Å². The van der Waals surface area contributed by atoms with E-state index in [2.05, 4.69) is 11.7 Å². The third kappa shape index (κ3) is 9.83. The van der Waals surface area contributed by atoms with Gasteiger partial charge >= 0.3 is 5.97 Å². The molecule has 27 heavy (non-hydrogen) atoms. The fourth-order valence-electron chi connectivity index (χ4n) is 3.43. The average Bonchev–Trinajstić information content (AvgIpc) is 2.70. The molecule has 0 heterocycles. The van der Waals surface area contributed by atoms with E-state index in [-0.39, 0.29) is 12.6 Å². The Hall–Kier alpha value is -1.52. The number of methoxy groups -OCH3 is 1. The van der Waals surface area contributed by atoms with Crippen molar-refractivity contribution >= 4 is 24.8 Å². The zero-order valence-corrected chi connectivity index (χ0v) is 17.3. The van der Waals surface area contributed by atoms with E-state index in [9.17, 15) is 19.2 Å². The molecule has 0 aliphatic rings. The van der Waals surface area contributed by atoms with Crippen molar-refractivity contribution in [2.75, 3.05) is 7.11 Å². The highest BCUT2D eigenvalue weighted by molar-refractivity contribution is 6.10. The van der Waals surface area contributed by atoms with Crippen LogP contribution >= 0.6 is 0 Å². The number of esters is 1. The molecule has 0 fully saturated rings. The minimum atomic E-state index is -1.99. The molecule has 5 nitrogen and oxygen atoms in total. The number of carbonyl (C=O) groups is 4. The summed E-state index contributed by atoms with van der Waals surface area (Å²) >= 11 is 0. The zero-order valence-electron chi connectivity index (χ0n) is 17.3. The fraction of sp³-hybridized carbons (Fsp3) is 0.818. The first-order chi connectivity index (χ1) is 13.1. The fourth-order valence-corrected chi connectivity index (χ4v) is 3.43. The monoisotopic (exact) mass is 382 g/mol. The molecule has 0 aromatic carbocycles. The second-order valence-corrected chi connectivity index (χ2v) is 7.43. The van der Waals surface area contributed by atoms with E-state index >= 15 is 0 Å². The van der Waals surface area contributed by atoms with Crippen molar-refractivity contribution in [3.05, 3.63) is 0 Å². The molecule has 0 spiro atoms. The van der Waals surface area contributed by atoms with Crippen molar-refractivity contribution in [3.63, 3.8) is 0 Å². The summed E-state index contributed by atoms with van der Waals surface area (Å²) in [7, 11) is 1.11. The van der Waals surface area contributed by atoms with Crippen molar-refractivity contribution in [3.8, 4) is 0 Å². The Morgan fingerprint density at radius 2 is 1.19 bits per heavy atom. The molecular formula is C22H38O5. The van der Waals surface area contributed by atoms with Crippen LogP contribution in [0.15, 0.2) is 0 Å². The van der Waals surface area contributed by atoms with E-state index in [4.69, 9.17) is 0 Å². The summed E-state index contributed by atoms with van der Waals surface area (Å²) < 4.78 is 4.54. The SMILES string of the molecule is CCCCCCCCCCCCCCCC(C=O)C(C=O)(C=O)C(=O)OC. The van der Waals surface area contributed by atoms with Gasteiger partial charge in [-0.2, -0.15) is 0 Å². The molecule has 1 unspecified atom stereocenters. The smallest absolute Gasteiger partial charge is 0.327 e. The van der Waals surface area contributed by atoms with E-state index in [1.807, 2.05) is 0 Å². The Labute approximate surface area is 164 Å². The standard InChI is InChI=1S/C22H38O5/c1-3-4-5-6-7-8-9-10-11-12-13-14-15-16-20(17-23)22(18-24,19-25)21(26)27-2/h17-20H,3-16H2,1-2H3. The number of unbranched alkanes of at least 4 members (excludes halogenated alkanes) is 12. The van der Waals surface area contributed by atoms with Gasteiger partial charge in [0.05, 0.1) is 7.11 Å². The maximum Gasteiger partial charge on any atom is 0.327 e. The molecule has 0 amide bonds. The van der Waals surface area contributed by atoms with Crippen LogP contribution in [0.2, 0.25) is 0 Å². The third-order valence-corrected chi connectivity index (χ3v) is 5.33. The molecule has 1 atom stereocenters. The Bertz CT molecular complexity index is 411. The highest BCUT2D eigenvalue weighted by Gasteiger charge is 2.47. The van der Waals surface area contributed by atoms with Crippen molar-refractivity contribution in [2.24, 2.45) is 11.3 Å². The van der Waals surface area contributed by atoms with E-state index < -0.39 is 17.3 Å². The van der Waals surface area contributed by atoms with Crippen LogP contribution in [-0.2, 0) is 23.9 Å². The van der Waals surface area contributed by atoms with Gasteiger partial charge in [-0.25, -0.2) is 0 Å². The second-order valence-electron chi connectivity index (χ2n) is 7.43. The number of hydrogen-bond donors (Lipinski definition) is 0. The van der Waals surface area contributed by atoms with Crippen molar-refractivity contribution < 1.29 is 23.9 Å². The molecule has 0 aromatic heterocycles. The van der Waals surface area contributed by atoms with Crippen LogP contribution in [0.25, 0.3) is 0 Å². The lowest BCUT2D eigenvalue weighted by Gasteiger charge is -2.24. The zero-order chi connectivity index (χ0) is 20.4. The number of hydrogen-bond acceptors (Lipinski definition) is 5. The molecule has 0 N–H and O–H groups in total. The lowest BCUT2D eigenvalue weighted by atomic mass is 9.76. The maximum atomic E-state index is 11.8. The first-order valence-electron chi connectivity index (χ1n) is 10.6. The van der Waals surface area contributed by atoms with Gasteiger partial charge in [0.1, 0.15) is 18.9 Å². The summed E-state index contributed by atoms with van der Waals surface area (Å²) in [5, 5.41) is 0. The van der Waals surface area contributed by atoms with Crippen molar-refractivity contribution in [1.29, 1.82) is 0 Å². The number of rotatable bonds is 19. The Morgan fingerprint density at radius 3 is 1.52 bits per heavy atom. The summed E-state index contributed by atoms with van der Waals surface area (Å²) in [6.07, 6.45) is 17.1. The first-order valence-corrected chi connectivity index (χ1v) is 10.6. The lowest BCUT2D eigenvalue weighted by Crippen LogP contribution is -2.43. The number of carbonyl (C=O) groups excluding carboxylic acids is 4. The summed E-state index contributed by atoms with van der Waals surface area (Å²) in [6, 6.07) is 0. The van der Waals surface area contributed by atoms with Crippen molar-refractivity contribution in [1.82, 2.24) is 0 Å². The quantitative estimate of drug-likeness (QED) is 0.138. The van der Waals surface area contributed by atoms with E-state index in [1.54, 1.807) is 0 Å². The average molecular weight is 383 g/mol. The largest absolute Gasteiger partial charge is 0.468 e. The molecule has 0 saturated heterocycles. The lowest BCUT2D eigenvalue weighted by molar-refractivity contribution is -0.161. The maximum absolute atomic E-state index is 11.8. The van der Waals surface area contributed by atoms with Gasteiger partial charge in [-0.3, -0.25) is 4.79 Å².